The minimum atomic E-state index is 0.370. The largest absolute Gasteiger partial charge is 0.382 e. The van der Waals surface area contributed by atoms with Gasteiger partial charge in [0.2, 0.25) is 0 Å². The Morgan fingerprint density at radius 3 is 2.72 bits per heavy atom. The predicted molar refractivity (Wildman–Crippen MR) is 100 cm³/mol. The summed E-state index contributed by atoms with van der Waals surface area (Å²) in [7, 11) is 0. The number of aromatic nitrogens is 2. The van der Waals surface area contributed by atoms with Gasteiger partial charge in [-0.1, -0.05) is 32.0 Å². The van der Waals surface area contributed by atoms with Crippen LogP contribution in [-0.4, -0.2) is 28.8 Å². The van der Waals surface area contributed by atoms with Crippen LogP contribution in [0.3, 0.4) is 0 Å². The molecular formula is C18H25N7. The molecule has 0 unspecified atom stereocenters. The van der Waals surface area contributed by atoms with Crippen LogP contribution in [0.15, 0.2) is 35.3 Å². The summed E-state index contributed by atoms with van der Waals surface area (Å²) in [5.41, 5.74) is 13.9. The number of nitrogens with two attached hydrogens (primary N) is 2. The first-order valence-electron chi connectivity index (χ1n) is 8.39. The highest BCUT2D eigenvalue weighted by molar-refractivity contribution is 5.77. The van der Waals surface area contributed by atoms with Crippen molar-refractivity contribution in [2.45, 2.75) is 26.7 Å². The number of para-hydroxylation sites is 1. The summed E-state index contributed by atoms with van der Waals surface area (Å²) < 4.78 is 1.61. The maximum Gasteiger partial charge on any atom is 0.188 e. The van der Waals surface area contributed by atoms with E-state index in [0.29, 0.717) is 48.5 Å². The number of nitrogen functional groups attached to an aromatic ring is 1. The minimum absolute atomic E-state index is 0.370. The van der Waals surface area contributed by atoms with Gasteiger partial charge < -0.3 is 16.8 Å². The third kappa shape index (κ3) is 4.98. The number of hydrogen-bond donors (Lipinski definition) is 3. The summed E-state index contributed by atoms with van der Waals surface area (Å²) in [6, 6.07) is 11.7. The fraction of sp³-hybridized carbons (Fsp3) is 0.389. The Labute approximate surface area is 148 Å². The number of guanidine groups is 1. The van der Waals surface area contributed by atoms with Crippen molar-refractivity contribution in [2.75, 3.05) is 18.8 Å². The molecule has 0 amide bonds. The van der Waals surface area contributed by atoms with Gasteiger partial charge in [0.1, 0.15) is 17.5 Å². The molecule has 0 atom stereocenters. The highest BCUT2D eigenvalue weighted by Crippen LogP contribution is 2.21. The van der Waals surface area contributed by atoms with Crippen molar-refractivity contribution in [3.05, 3.63) is 41.6 Å². The molecule has 0 saturated heterocycles. The van der Waals surface area contributed by atoms with E-state index in [0.717, 1.165) is 12.1 Å². The molecule has 0 saturated carbocycles. The van der Waals surface area contributed by atoms with Gasteiger partial charge in [-0.05, 0) is 30.9 Å². The van der Waals surface area contributed by atoms with Crippen LogP contribution in [0.1, 0.15) is 31.5 Å². The zero-order valence-electron chi connectivity index (χ0n) is 14.7. The lowest BCUT2D eigenvalue weighted by Gasteiger charge is -2.06. The molecule has 0 aliphatic rings. The second-order valence-electron chi connectivity index (χ2n) is 6.22. The monoisotopic (exact) mass is 339 g/mol. The summed E-state index contributed by atoms with van der Waals surface area (Å²) in [6.07, 6.45) is 1.41. The SMILES string of the molecule is CC(C)CN=C(N)NCCCc1nn(-c2ccccc2)c(N)c1C#N. The van der Waals surface area contributed by atoms with Crippen molar-refractivity contribution in [2.24, 2.45) is 16.6 Å². The lowest BCUT2D eigenvalue weighted by molar-refractivity contribution is 0.659. The molecule has 0 aliphatic heterocycles. The summed E-state index contributed by atoms with van der Waals surface area (Å²) in [4.78, 5) is 4.25. The molecule has 2 rings (SSSR count). The maximum absolute atomic E-state index is 9.39. The molecule has 5 N–H and O–H groups in total. The van der Waals surface area contributed by atoms with Crippen molar-refractivity contribution in [3.8, 4) is 11.8 Å². The third-order valence-electron chi connectivity index (χ3n) is 3.63. The number of hydrogen-bond acceptors (Lipinski definition) is 4. The van der Waals surface area contributed by atoms with E-state index in [2.05, 4.69) is 35.3 Å². The van der Waals surface area contributed by atoms with Gasteiger partial charge >= 0.3 is 0 Å². The van der Waals surface area contributed by atoms with Gasteiger partial charge in [0.15, 0.2) is 5.96 Å². The Kier molecular flexibility index (Phi) is 6.40. The molecular weight excluding hydrogens is 314 g/mol. The molecule has 0 radical (unpaired) electrons. The van der Waals surface area contributed by atoms with Crippen LogP contribution in [0.5, 0.6) is 0 Å². The fourth-order valence-electron chi connectivity index (χ4n) is 2.35. The molecule has 0 spiro atoms. The Morgan fingerprint density at radius 2 is 2.08 bits per heavy atom. The van der Waals surface area contributed by atoms with Crippen LogP contribution in [0.25, 0.3) is 5.69 Å². The highest BCUT2D eigenvalue weighted by atomic mass is 15.3. The van der Waals surface area contributed by atoms with Crippen LogP contribution in [-0.2, 0) is 6.42 Å². The van der Waals surface area contributed by atoms with Gasteiger partial charge in [-0.3, -0.25) is 4.99 Å². The highest BCUT2D eigenvalue weighted by Gasteiger charge is 2.15. The van der Waals surface area contributed by atoms with Crippen LogP contribution in [0, 0.1) is 17.2 Å². The molecule has 25 heavy (non-hydrogen) atoms. The van der Waals surface area contributed by atoms with Crippen LogP contribution in [0.2, 0.25) is 0 Å². The van der Waals surface area contributed by atoms with Crippen molar-refractivity contribution >= 4 is 11.8 Å². The molecule has 1 aromatic heterocycles. The Hall–Kier alpha value is -3.01. The van der Waals surface area contributed by atoms with E-state index in [1.165, 1.54) is 0 Å². The molecule has 2 aromatic rings. The van der Waals surface area contributed by atoms with Gasteiger partial charge in [-0.15, -0.1) is 0 Å². The smallest absolute Gasteiger partial charge is 0.188 e. The van der Waals surface area contributed by atoms with Crippen molar-refractivity contribution in [1.82, 2.24) is 15.1 Å². The lowest BCUT2D eigenvalue weighted by atomic mass is 10.1. The van der Waals surface area contributed by atoms with E-state index in [4.69, 9.17) is 11.5 Å². The van der Waals surface area contributed by atoms with E-state index in [1.54, 1.807) is 4.68 Å². The number of nitrogens with one attached hydrogen (secondary N) is 1. The van der Waals surface area contributed by atoms with E-state index >= 15 is 0 Å². The molecule has 7 nitrogen and oxygen atoms in total. The number of anilines is 1. The zero-order chi connectivity index (χ0) is 18.2. The lowest BCUT2D eigenvalue weighted by Crippen LogP contribution is -2.33. The average Bonchev–Trinajstić information content (AvgIpc) is 2.93. The maximum atomic E-state index is 9.39. The fourth-order valence-corrected chi connectivity index (χ4v) is 2.35. The van der Waals surface area contributed by atoms with E-state index in [-0.39, 0.29) is 0 Å². The van der Waals surface area contributed by atoms with Gasteiger partial charge in [0, 0.05) is 13.1 Å². The minimum Gasteiger partial charge on any atom is -0.382 e. The number of benzene rings is 1. The van der Waals surface area contributed by atoms with E-state index in [9.17, 15) is 5.26 Å². The second-order valence-corrected chi connectivity index (χ2v) is 6.22. The third-order valence-corrected chi connectivity index (χ3v) is 3.63. The Morgan fingerprint density at radius 1 is 1.36 bits per heavy atom. The molecule has 0 bridgehead atoms. The van der Waals surface area contributed by atoms with Gasteiger partial charge in [-0.25, -0.2) is 4.68 Å². The molecule has 0 fully saturated rings. The van der Waals surface area contributed by atoms with Gasteiger partial charge in [-0.2, -0.15) is 10.4 Å². The first-order valence-corrected chi connectivity index (χ1v) is 8.39. The zero-order valence-corrected chi connectivity index (χ0v) is 14.7. The quantitative estimate of drug-likeness (QED) is 0.404. The molecule has 132 valence electrons. The summed E-state index contributed by atoms with van der Waals surface area (Å²) >= 11 is 0. The normalized spacial score (nSPS) is 11.5. The van der Waals surface area contributed by atoms with Crippen LogP contribution < -0.4 is 16.8 Å². The number of nitrogens with zero attached hydrogens (tertiary/aromatic N) is 4. The second kappa shape index (κ2) is 8.73. The molecule has 1 aromatic carbocycles. The van der Waals surface area contributed by atoms with Crippen molar-refractivity contribution < 1.29 is 0 Å². The van der Waals surface area contributed by atoms with Gasteiger partial charge in [0.05, 0.1) is 11.4 Å². The molecule has 7 heteroatoms. The van der Waals surface area contributed by atoms with Crippen molar-refractivity contribution in [3.63, 3.8) is 0 Å². The molecule has 0 aliphatic carbocycles. The number of rotatable bonds is 7. The topological polar surface area (TPSA) is 118 Å². The first-order chi connectivity index (χ1) is 12.0. The summed E-state index contributed by atoms with van der Waals surface area (Å²) in [6.45, 7) is 5.55. The number of aliphatic imine (C=N–C) groups is 1. The first kappa shape index (κ1) is 18.3. The standard InChI is InChI=1S/C18H25N7/c1-13(2)12-23-18(21)22-10-6-9-16-15(11-19)17(20)25(24-16)14-7-4-3-5-8-14/h3-5,7-8,13H,6,9-10,12,20H2,1-2H3,(H3,21,22,23). The predicted octanol–water partition coefficient (Wildman–Crippen LogP) is 1.82. The Bertz CT molecular complexity index is 754. The Balaban J connectivity index is 1.99. The van der Waals surface area contributed by atoms with E-state index in [1.807, 2.05) is 30.3 Å². The summed E-state index contributed by atoms with van der Waals surface area (Å²) in [5, 5.41) is 17.0. The average molecular weight is 339 g/mol. The van der Waals surface area contributed by atoms with Crippen molar-refractivity contribution in [1.29, 1.82) is 5.26 Å². The van der Waals surface area contributed by atoms with E-state index < -0.39 is 0 Å². The molecule has 1 heterocycles. The number of nitriles is 1. The van der Waals surface area contributed by atoms with Crippen LogP contribution >= 0.6 is 0 Å². The summed E-state index contributed by atoms with van der Waals surface area (Å²) in [5.74, 6) is 1.29. The number of aryl methyl sites for hydroxylation is 1. The van der Waals surface area contributed by atoms with Crippen LogP contribution in [0.4, 0.5) is 5.82 Å². The van der Waals surface area contributed by atoms with Gasteiger partial charge in [0.25, 0.3) is 0 Å².